The van der Waals surface area contributed by atoms with Crippen LogP contribution in [0.5, 0.6) is 5.75 Å². The number of rotatable bonds is 4. The highest BCUT2D eigenvalue weighted by Crippen LogP contribution is 2.43. The number of anilines is 1. The molecular weight excluding hydrogens is 354 g/mol. The van der Waals surface area contributed by atoms with Crippen LogP contribution in [0.3, 0.4) is 0 Å². The normalized spacial score (nSPS) is 23.3. The number of aromatic nitrogens is 2. The molecule has 2 bridgehead atoms. The molecule has 3 aromatic rings. The van der Waals surface area contributed by atoms with Crippen LogP contribution in [0.1, 0.15) is 29.6 Å². The van der Waals surface area contributed by atoms with Gasteiger partial charge in [0.05, 0.1) is 13.3 Å². The van der Waals surface area contributed by atoms with Gasteiger partial charge in [-0.25, -0.2) is 4.98 Å². The minimum atomic E-state index is 0.0877. The van der Waals surface area contributed by atoms with Gasteiger partial charge in [-0.1, -0.05) is 18.2 Å². The van der Waals surface area contributed by atoms with E-state index in [0.717, 1.165) is 37.4 Å². The third kappa shape index (κ3) is 2.89. The molecule has 0 aliphatic carbocycles. The Morgan fingerprint density at radius 2 is 2.11 bits per heavy atom. The van der Waals surface area contributed by atoms with Crippen LogP contribution in [0.25, 0.3) is 0 Å². The fraction of sp³-hybridized carbons (Fsp3) is 0.364. The second kappa shape index (κ2) is 6.86. The fourth-order valence-electron chi connectivity index (χ4n) is 4.87. The smallest absolute Gasteiger partial charge is 0.297 e. The van der Waals surface area contributed by atoms with Gasteiger partial charge in [-0.05, 0) is 42.5 Å². The number of nitrogens with zero attached hydrogens (tertiary/aromatic N) is 3. The molecule has 0 amide bonds. The van der Waals surface area contributed by atoms with E-state index in [2.05, 4.69) is 28.1 Å². The van der Waals surface area contributed by atoms with E-state index in [1.54, 1.807) is 25.6 Å². The Hall–Kier alpha value is -3.02. The summed E-state index contributed by atoms with van der Waals surface area (Å²) in [6.45, 7) is 1.67. The first-order valence-electron chi connectivity index (χ1n) is 9.72. The van der Waals surface area contributed by atoms with E-state index in [4.69, 9.17) is 9.15 Å². The summed E-state index contributed by atoms with van der Waals surface area (Å²) in [5, 5.41) is 0. The van der Waals surface area contributed by atoms with Crippen molar-refractivity contribution in [1.82, 2.24) is 9.55 Å². The van der Waals surface area contributed by atoms with Gasteiger partial charge in [-0.2, -0.15) is 0 Å². The van der Waals surface area contributed by atoms with Gasteiger partial charge in [0.15, 0.2) is 0 Å². The highest BCUT2D eigenvalue weighted by atomic mass is 16.5. The van der Waals surface area contributed by atoms with Crippen molar-refractivity contribution in [2.75, 3.05) is 25.1 Å². The lowest BCUT2D eigenvalue weighted by Gasteiger charge is -2.46. The van der Waals surface area contributed by atoms with Crippen LogP contribution in [0.2, 0.25) is 0 Å². The summed E-state index contributed by atoms with van der Waals surface area (Å²) in [6, 6.07) is 14.5. The Bertz CT molecular complexity index is 1030. The van der Waals surface area contributed by atoms with Gasteiger partial charge in [0.2, 0.25) is 0 Å². The predicted molar refractivity (Wildman–Crippen MR) is 106 cm³/mol. The van der Waals surface area contributed by atoms with Crippen molar-refractivity contribution in [3.05, 3.63) is 76.5 Å². The summed E-state index contributed by atoms with van der Waals surface area (Å²) in [5.41, 5.74) is 2.38. The molecule has 0 saturated carbocycles. The van der Waals surface area contributed by atoms with Crippen molar-refractivity contribution in [3.8, 4) is 5.75 Å². The molecule has 4 heterocycles. The third-order valence-corrected chi connectivity index (χ3v) is 6.07. The van der Waals surface area contributed by atoms with Crippen molar-refractivity contribution in [2.45, 2.75) is 24.8 Å². The molecule has 6 heteroatoms. The maximum atomic E-state index is 12.8. The monoisotopic (exact) mass is 377 g/mol. The molecule has 5 rings (SSSR count). The van der Waals surface area contributed by atoms with Gasteiger partial charge in [-0.15, -0.1) is 0 Å². The number of piperidine rings is 1. The molecule has 2 aliphatic heterocycles. The predicted octanol–water partition coefficient (Wildman–Crippen LogP) is 3.25. The van der Waals surface area contributed by atoms with E-state index in [9.17, 15) is 4.79 Å². The van der Waals surface area contributed by atoms with Crippen molar-refractivity contribution >= 4 is 6.01 Å². The van der Waals surface area contributed by atoms with Crippen LogP contribution in [-0.4, -0.2) is 29.8 Å². The zero-order valence-corrected chi connectivity index (χ0v) is 15.8. The first kappa shape index (κ1) is 17.1. The molecule has 0 radical (unpaired) electrons. The first-order chi connectivity index (χ1) is 13.7. The third-order valence-electron chi connectivity index (χ3n) is 6.07. The molecule has 6 nitrogen and oxygen atoms in total. The molecule has 3 atom stereocenters. The van der Waals surface area contributed by atoms with Crippen LogP contribution in [0.15, 0.2) is 64.1 Å². The van der Waals surface area contributed by atoms with Gasteiger partial charge in [0, 0.05) is 36.8 Å². The second-order valence-corrected chi connectivity index (χ2v) is 7.69. The molecule has 1 fully saturated rings. The number of hydrogen-bond acceptors (Lipinski definition) is 5. The molecule has 1 aromatic carbocycles. The van der Waals surface area contributed by atoms with Crippen molar-refractivity contribution in [2.24, 2.45) is 5.92 Å². The Kier molecular flexibility index (Phi) is 4.19. The quantitative estimate of drug-likeness (QED) is 0.698. The zero-order chi connectivity index (χ0) is 19.1. The average molecular weight is 377 g/mol. The van der Waals surface area contributed by atoms with Gasteiger partial charge in [-0.3, -0.25) is 4.79 Å². The zero-order valence-electron chi connectivity index (χ0n) is 15.8. The molecule has 28 heavy (non-hydrogen) atoms. The van der Waals surface area contributed by atoms with E-state index in [0.29, 0.717) is 17.9 Å². The van der Waals surface area contributed by atoms with Gasteiger partial charge in [0.25, 0.3) is 11.6 Å². The van der Waals surface area contributed by atoms with Crippen molar-refractivity contribution in [1.29, 1.82) is 0 Å². The number of ether oxygens (including phenoxy) is 1. The molecule has 144 valence electrons. The molecule has 2 aromatic heterocycles. The Labute approximate surface area is 163 Å². The van der Waals surface area contributed by atoms with Crippen LogP contribution < -0.4 is 15.2 Å². The Morgan fingerprint density at radius 1 is 1.21 bits per heavy atom. The molecule has 0 N–H and O–H groups in total. The minimum absolute atomic E-state index is 0.0877. The standard InChI is InChI=1S/C22H23N3O3/c1-27-18-5-2-4-15(10-18)11-20-17-12-16(19-6-3-7-21(26)25(19)20)13-24(14-17)22-23-8-9-28-22/h2-10,16-17,20H,11-14H2,1H3/t16-,17+,20+/m1/s1. The van der Waals surface area contributed by atoms with E-state index in [1.807, 2.05) is 22.8 Å². The number of fused-ring (bicyclic) bond motifs is 4. The van der Waals surface area contributed by atoms with Gasteiger partial charge >= 0.3 is 0 Å². The summed E-state index contributed by atoms with van der Waals surface area (Å²) in [5.74, 6) is 1.50. The van der Waals surface area contributed by atoms with Crippen LogP contribution in [-0.2, 0) is 6.42 Å². The highest BCUT2D eigenvalue weighted by molar-refractivity contribution is 5.33. The summed E-state index contributed by atoms with van der Waals surface area (Å²) < 4.78 is 13.0. The number of methoxy groups -OCH3 is 1. The second-order valence-electron chi connectivity index (χ2n) is 7.69. The summed E-state index contributed by atoms with van der Waals surface area (Å²) in [4.78, 5) is 19.4. The van der Waals surface area contributed by atoms with Gasteiger partial charge in [0.1, 0.15) is 12.0 Å². The molecule has 1 saturated heterocycles. The largest absolute Gasteiger partial charge is 0.497 e. The highest BCUT2D eigenvalue weighted by Gasteiger charge is 2.41. The Balaban J connectivity index is 1.55. The lowest BCUT2D eigenvalue weighted by Crippen LogP contribution is -2.50. The van der Waals surface area contributed by atoms with Crippen molar-refractivity contribution < 1.29 is 9.15 Å². The maximum Gasteiger partial charge on any atom is 0.297 e. The molecule has 2 aliphatic rings. The van der Waals surface area contributed by atoms with Crippen molar-refractivity contribution in [3.63, 3.8) is 0 Å². The van der Waals surface area contributed by atoms with Gasteiger partial charge < -0.3 is 18.6 Å². The van der Waals surface area contributed by atoms with E-state index in [1.165, 1.54) is 5.56 Å². The fourth-order valence-corrected chi connectivity index (χ4v) is 4.87. The summed E-state index contributed by atoms with van der Waals surface area (Å²) in [6.07, 6.45) is 5.18. The molecular formula is C22H23N3O3. The summed E-state index contributed by atoms with van der Waals surface area (Å²) >= 11 is 0. The lowest BCUT2D eigenvalue weighted by atomic mass is 9.77. The number of hydrogen-bond donors (Lipinski definition) is 0. The van der Waals surface area contributed by atoms with Crippen LogP contribution in [0, 0.1) is 5.92 Å². The van der Waals surface area contributed by atoms with Crippen LogP contribution >= 0.6 is 0 Å². The maximum absolute atomic E-state index is 12.8. The lowest BCUT2D eigenvalue weighted by molar-refractivity contribution is 0.207. The van der Waals surface area contributed by atoms with E-state index >= 15 is 0 Å². The minimum Gasteiger partial charge on any atom is -0.497 e. The van der Waals surface area contributed by atoms with E-state index < -0.39 is 0 Å². The number of benzene rings is 1. The SMILES string of the molecule is COc1cccc(C[C@H]2[C@H]3C[C@H](CN(c4ncco4)C3)c3cccc(=O)n32)c1. The summed E-state index contributed by atoms with van der Waals surface area (Å²) in [7, 11) is 1.68. The number of pyridine rings is 1. The molecule has 0 spiro atoms. The topological polar surface area (TPSA) is 60.5 Å². The first-order valence-corrected chi connectivity index (χ1v) is 9.72. The number of oxazole rings is 1. The Morgan fingerprint density at radius 3 is 2.93 bits per heavy atom. The molecule has 0 unspecified atom stereocenters. The van der Waals surface area contributed by atoms with E-state index in [-0.39, 0.29) is 11.6 Å². The average Bonchev–Trinajstić information content (AvgIpc) is 3.26. The van der Waals surface area contributed by atoms with Crippen LogP contribution in [0.4, 0.5) is 6.01 Å².